The third kappa shape index (κ3) is 4.88. The van der Waals surface area contributed by atoms with Crippen molar-refractivity contribution in [2.75, 3.05) is 24.6 Å². The predicted molar refractivity (Wildman–Crippen MR) is 139 cm³/mol. The normalized spacial score (nSPS) is 28.3. The monoisotopic (exact) mass is 611 g/mol. The van der Waals surface area contributed by atoms with Gasteiger partial charge in [-0.15, -0.1) is 0 Å². The zero-order valence-corrected chi connectivity index (χ0v) is 22.2. The Labute approximate surface area is 233 Å². The third-order valence-electron chi connectivity index (χ3n) is 7.08. The SMILES string of the molecule is Nc1nc2c(ncn2C2CC(NS(=O)(=O)NCC3OC([n+]4c[nH]c5c(=O)[nH]c(N)nc54)C(O)C3O)C(CO)O2)c(=O)[nH]1. The zero-order chi connectivity index (χ0) is 29.9. The summed E-state index contributed by atoms with van der Waals surface area (Å²) in [7, 11) is -4.27. The van der Waals surface area contributed by atoms with Gasteiger partial charge >= 0.3 is 5.65 Å². The Hall–Kier alpha value is -4.03. The largest absolute Gasteiger partial charge is 0.394 e. The van der Waals surface area contributed by atoms with Crippen molar-refractivity contribution in [1.82, 2.24) is 43.9 Å². The molecule has 2 aliphatic heterocycles. The molecule has 0 aromatic carbocycles. The van der Waals surface area contributed by atoms with Gasteiger partial charge in [-0.25, -0.2) is 9.55 Å². The Morgan fingerprint density at radius 1 is 1.10 bits per heavy atom. The van der Waals surface area contributed by atoms with Crippen LogP contribution in [0.4, 0.5) is 11.9 Å². The standard InChI is InChI=1S/C20H26N12O9S/c21-19-26-14-10(16(36)28-19)23-4-31(14)9-1-6(8(3-33)40-9)30-42(38,39)25-2-7-12(34)13(35)18(41-7)32-5-24-11-15(32)27-20(22)29-17(11)37/h4-9,12-13,18,25,30,33-35H,1-3H2,(H6,21,22,26,27,28,29,36,37)/p+1. The highest BCUT2D eigenvalue weighted by atomic mass is 32.2. The van der Waals surface area contributed by atoms with Crippen LogP contribution in [0.1, 0.15) is 18.9 Å². The Kier molecular flexibility index (Phi) is 6.93. The highest BCUT2D eigenvalue weighted by molar-refractivity contribution is 7.87. The smallest absolute Gasteiger partial charge is 0.313 e. The first-order valence-electron chi connectivity index (χ1n) is 12.5. The molecule has 2 saturated heterocycles. The lowest BCUT2D eigenvalue weighted by Crippen LogP contribution is -2.49. The van der Waals surface area contributed by atoms with Crippen molar-refractivity contribution in [3.63, 3.8) is 0 Å². The number of nitrogens with zero attached hydrogens (tertiary/aromatic N) is 5. The van der Waals surface area contributed by atoms with E-state index in [4.69, 9.17) is 20.9 Å². The number of nitrogens with two attached hydrogens (primary N) is 2. The molecule has 4 aromatic rings. The van der Waals surface area contributed by atoms with Crippen LogP contribution < -0.4 is 36.6 Å². The molecule has 42 heavy (non-hydrogen) atoms. The first-order valence-corrected chi connectivity index (χ1v) is 14.0. The van der Waals surface area contributed by atoms with Gasteiger partial charge in [0.2, 0.25) is 17.7 Å². The number of aromatic nitrogens is 8. The van der Waals surface area contributed by atoms with Crippen LogP contribution in [0.2, 0.25) is 0 Å². The summed E-state index contributed by atoms with van der Waals surface area (Å²) in [5, 5.41) is 31.0. The van der Waals surface area contributed by atoms with E-state index < -0.39 is 77.4 Å². The van der Waals surface area contributed by atoms with Crippen molar-refractivity contribution in [2.24, 2.45) is 0 Å². The Morgan fingerprint density at radius 3 is 2.60 bits per heavy atom. The van der Waals surface area contributed by atoms with Gasteiger partial charge in [-0.2, -0.15) is 22.8 Å². The molecule has 4 aromatic heterocycles. The minimum atomic E-state index is -4.27. The van der Waals surface area contributed by atoms with Gasteiger partial charge in [0.25, 0.3) is 27.3 Å². The number of fused-ring (bicyclic) bond motifs is 2. The van der Waals surface area contributed by atoms with Gasteiger partial charge in [-0.1, -0.05) is 4.98 Å². The van der Waals surface area contributed by atoms with Crippen LogP contribution in [0.5, 0.6) is 0 Å². The number of H-pyrrole nitrogens is 3. The van der Waals surface area contributed by atoms with E-state index in [9.17, 15) is 33.3 Å². The van der Waals surface area contributed by atoms with Crippen molar-refractivity contribution in [3.8, 4) is 0 Å². The lowest BCUT2D eigenvalue weighted by atomic mass is 10.1. The number of aromatic amines is 3. The van der Waals surface area contributed by atoms with Crippen LogP contribution in [0.25, 0.3) is 22.3 Å². The first-order chi connectivity index (χ1) is 20.0. The summed E-state index contributed by atoms with van der Waals surface area (Å²) >= 11 is 0. The average molecular weight is 612 g/mol. The van der Waals surface area contributed by atoms with Gasteiger partial charge in [0.05, 0.1) is 25.1 Å². The van der Waals surface area contributed by atoms with E-state index in [1.807, 2.05) is 0 Å². The van der Waals surface area contributed by atoms with Crippen LogP contribution in [-0.2, 0) is 19.7 Å². The molecule has 0 spiro atoms. The Bertz CT molecular complexity index is 1870. The molecule has 21 nitrogen and oxygen atoms in total. The van der Waals surface area contributed by atoms with Crippen LogP contribution in [0.15, 0.2) is 22.2 Å². The van der Waals surface area contributed by atoms with E-state index in [0.29, 0.717) is 0 Å². The van der Waals surface area contributed by atoms with Gasteiger partial charge in [-0.05, 0) is 0 Å². The highest BCUT2D eigenvalue weighted by Gasteiger charge is 2.47. The van der Waals surface area contributed by atoms with Crippen LogP contribution in [0.3, 0.4) is 0 Å². The maximum atomic E-state index is 12.9. The lowest BCUT2D eigenvalue weighted by Gasteiger charge is -2.19. The number of hydrogen-bond donors (Lipinski definition) is 10. The number of anilines is 2. The van der Waals surface area contributed by atoms with Gasteiger partial charge in [0.15, 0.2) is 17.5 Å². The molecule has 2 aliphatic rings. The first kappa shape index (κ1) is 28.1. The number of nitrogens with one attached hydrogen (secondary N) is 5. The van der Waals surface area contributed by atoms with Gasteiger partial charge in [-0.3, -0.25) is 29.1 Å². The number of ether oxygens (including phenoxy) is 2. The fourth-order valence-electron chi connectivity index (χ4n) is 5.09. The van der Waals surface area contributed by atoms with Gasteiger partial charge in [0.1, 0.15) is 24.5 Å². The average Bonchev–Trinajstić information content (AvgIpc) is 3.69. The molecular weight excluding hydrogens is 584 g/mol. The van der Waals surface area contributed by atoms with E-state index in [1.165, 1.54) is 21.8 Å². The van der Waals surface area contributed by atoms with Crippen molar-refractivity contribution in [1.29, 1.82) is 0 Å². The molecule has 2 fully saturated rings. The molecule has 7 unspecified atom stereocenters. The third-order valence-corrected chi connectivity index (χ3v) is 8.24. The van der Waals surface area contributed by atoms with E-state index in [-0.39, 0.29) is 40.6 Å². The van der Waals surface area contributed by atoms with Crippen LogP contribution in [0, 0.1) is 0 Å². The summed E-state index contributed by atoms with van der Waals surface area (Å²) in [6.45, 7) is -0.990. The number of aliphatic hydroxyl groups excluding tert-OH is 3. The highest BCUT2D eigenvalue weighted by Crippen LogP contribution is 2.31. The minimum absolute atomic E-state index is 0.00603. The summed E-state index contributed by atoms with van der Waals surface area (Å²) in [4.78, 5) is 43.6. The van der Waals surface area contributed by atoms with Crippen molar-refractivity contribution >= 4 is 44.4 Å². The van der Waals surface area contributed by atoms with Crippen LogP contribution in [-0.4, -0.2) is 102 Å². The molecular formula is C20H27N12O9S+. The number of imidazole rings is 2. The molecule has 0 radical (unpaired) electrons. The van der Waals surface area contributed by atoms with Crippen molar-refractivity contribution < 1.29 is 37.8 Å². The Morgan fingerprint density at radius 2 is 1.83 bits per heavy atom. The van der Waals surface area contributed by atoms with Crippen molar-refractivity contribution in [3.05, 3.63) is 33.4 Å². The fourth-order valence-corrected chi connectivity index (χ4v) is 6.21. The predicted octanol–water partition coefficient (Wildman–Crippen LogP) is -5.47. The molecule has 7 atom stereocenters. The fraction of sp³-hybridized carbons (Fsp3) is 0.500. The Balaban J connectivity index is 1.13. The maximum absolute atomic E-state index is 12.9. The topological polar surface area (TPSA) is 318 Å². The van der Waals surface area contributed by atoms with Gasteiger partial charge < -0.3 is 36.3 Å². The van der Waals surface area contributed by atoms with E-state index >= 15 is 0 Å². The second kappa shape index (κ2) is 10.4. The summed E-state index contributed by atoms with van der Waals surface area (Å²) in [6.07, 6.45) is -4.64. The molecule has 0 saturated carbocycles. The van der Waals surface area contributed by atoms with E-state index in [1.54, 1.807) is 0 Å². The summed E-state index contributed by atoms with van der Waals surface area (Å²) in [5.74, 6) is -0.327. The minimum Gasteiger partial charge on any atom is -0.394 e. The molecule has 226 valence electrons. The van der Waals surface area contributed by atoms with Crippen LogP contribution >= 0.6 is 0 Å². The molecule has 6 rings (SSSR count). The van der Waals surface area contributed by atoms with Crippen molar-refractivity contribution in [2.45, 2.75) is 49.3 Å². The second-order valence-electron chi connectivity index (χ2n) is 9.78. The van der Waals surface area contributed by atoms with E-state index in [0.717, 1.165) is 0 Å². The molecule has 0 amide bonds. The zero-order valence-electron chi connectivity index (χ0n) is 21.4. The maximum Gasteiger partial charge on any atom is 0.313 e. The second-order valence-corrected chi connectivity index (χ2v) is 11.3. The number of rotatable bonds is 8. The molecule has 0 aliphatic carbocycles. The summed E-state index contributed by atoms with van der Waals surface area (Å²) in [6, 6.07) is -0.918. The molecule has 12 N–H and O–H groups in total. The summed E-state index contributed by atoms with van der Waals surface area (Å²) in [5.41, 5.74) is 10.4. The number of aliphatic hydroxyl groups is 3. The molecule has 0 bridgehead atoms. The lowest BCUT2D eigenvalue weighted by molar-refractivity contribution is -0.745. The number of hydrogen-bond acceptors (Lipinski definition) is 14. The molecule has 6 heterocycles. The quantitative estimate of drug-likeness (QED) is 0.0831. The summed E-state index contributed by atoms with van der Waals surface area (Å²) < 4.78 is 44.7. The van der Waals surface area contributed by atoms with E-state index in [2.05, 4.69) is 39.3 Å². The molecule has 22 heteroatoms. The van der Waals surface area contributed by atoms with Gasteiger partial charge in [0, 0.05) is 13.0 Å². The number of nitrogen functional groups attached to an aromatic ring is 2.